The highest BCUT2D eigenvalue weighted by atomic mass is 32.1. The first-order valence-electron chi connectivity index (χ1n) is 6.86. The first-order chi connectivity index (χ1) is 9.59. The van der Waals surface area contributed by atoms with Crippen molar-refractivity contribution >= 4 is 12.6 Å². The van der Waals surface area contributed by atoms with Crippen molar-refractivity contribution in [3.8, 4) is 0 Å². The minimum Gasteiger partial charge on any atom is -0.368 e. The number of benzene rings is 1. The maximum atomic E-state index is 6.02. The molecular weight excluding hydrogens is 276 g/mol. The molecule has 4 atom stereocenters. The van der Waals surface area contributed by atoms with Gasteiger partial charge < -0.3 is 18.9 Å². The SMILES string of the molecule is CC1(C)O[C@H]2O[C@H](CS)[C@@H](OCc3ccccc3)[C@H]2O1. The maximum Gasteiger partial charge on any atom is 0.190 e. The Bertz CT molecular complexity index is 450. The first-order valence-corrected chi connectivity index (χ1v) is 7.50. The van der Waals surface area contributed by atoms with E-state index in [9.17, 15) is 0 Å². The van der Waals surface area contributed by atoms with Gasteiger partial charge >= 0.3 is 0 Å². The lowest BCUT2D eigenvalue weighted by Crippen LogP contribution is -2.37. The molecule has 2 aliphatic rings. The molecule has 0 unspecified atom stereocenters. The highest BCUT2D eigenvalue weighted by Gasteiger charge is 2.54. The summed E-state index contributed by atoms with van der Waals surface area (Å²) in [6, 6.07) is 10.1. The fourth-order valence-electron chi connectivity index (χ4n) is 2.66. The second-order valence-electron chi connectivity index (χ2n) is 5.59. The van der Waals surface area contributed by atoms with E-state index in [2.05, 4.69) is 12.6 Å². The monoisotopic (exact) mass is 296 g/mol. The smallest absolute Gasteiger partial charge is 0.190 e. The van der Waals surface area contributed by atoms with Gasteiger partial charge in [0.15, 0.2) is 12.1 Å². The van der Waals surface area contributed by atoms with Crippen molar-refractivity contribution in [2.75, 3.05) is 5.75 Å². The van der Waals surface area contributed by atoms with E-state index >= 15 is 0 Å². The molecule has 0 aromatic heterocycles. The number of hydrogen-bond donors (Lipinski definition) is 1. The van der Waals surface area contributed by atoms with Crippen LogP contribution in [0.3, 0.4) is 0 Å². The van der Waals surface area contributed by atoms with Gasteiger partial charge in [0, 0.05) is 5.75 Å². The van der Waals surface area contributed by atoms with Crippen LogP contribution in [0.2, 0.25) is 0 Å². The maximum absolute atomic E-state index is 6.02. The zero-order valence-corrected chi connectivity index (χ0v) is 12.6. The second-order valence-corrected chi connectivity index (χ2v) is 5.95. The van der Waals surface area contributed by atoms with Crippen LogP contribution < -0.4 is 0 Å². The van der Waals surface area contributed by atoms with E-state index in [4.69, 9.17) is 18.9 Å². The molecule has 1 aromatic carbocycles. The Morgan fingerprint density at radius 3 is 2.65 bits per heavy atom. The van der Waals surface area contributed by atoms with Gasteiger partial charge in [0.1, 0.15) is 12.2 Å². The zero-order valence-electron chi connectivity index (χ0n) is 11.7. The number of ether oxygens (including phenoxy) is 4. The summed E-state index contributed by atoms with van der Waals surface area (Å²) in [5.41, 5.74) is 1.13. The summed E-state index contributed by atoms with van der Waals surface area (Å²) in [6.07, 6.45) is -0.804. The van der Waals surface area contributed by atoms with Gasteiger partial charge in [-0.3, -0.25) is 0 Å². The molecule has 2 heterocycles. The average Bonchev–Trinajstić information content (AvgIpc) is 2.89. The largest absolute Gasteiger partial charge is 0.368 e. The Hall–Kier alpha value is -0.590. The number of hydrogen-bond acceptors (Lipinski definition) is 5. The van der Waals surface area contributed by atoms with Crippen LogP contribution >= 0.6 is 12.6 Å². The number of rotatable bonds is 4. The molecule has 3 rings (SSSR count). The van der Waals surface area contributed by atoms with Gasteiger partial charge in [-0.2, -0.15) is 12.6 Å². The van der Waals surface area contributed by atoms with Crippen LogP contribution in [0, 0.1) is 0 Å². The lowest BCUT2D eigenvalue weighted by atomic mass is 10.1. The van der Waals surface area contributed by atoms with Crippen molar-refractivity contribution < 1.29 is 18.9 Å². The van der Waals surface area contributed by atoms with Crippen LogP contribution in [-0.2, 0) is 25.6 Å². The molecule has 0 saturated carbocycles. The predicted molar refractivity (Wildman–Crippen MR) is 77.6 cm³/mol. The fraction of sp³-hybridized carbons (Fsp3) is 0.600. The second kappa shape index (κ2) is 5.66. The molecule has 2 saturated heterocycles. The molecule has 20 heavy (non-hydrogen) atoms. The van der Waals surface area contributed by atoms with Gasteiger partial charge in [-0.25, -0.2) is 0 Å². The molecule has 0 bridgehead atoms. The van der Waals surface area contributed by atoms with E-state index in [-0.39, 0.29) is 24.6 Å². The Morgan fingerprint density at radius 2 is 1.95 bits per heavy atom. The molecule has 5 heteroatoms. The number of thiol groups is 1. The average molecular weight is 296 g/mol. The summed E-state index contributed by atoms with van der Waals surface area (Å²) in [5.74, 6) is -0.0368. The summed E-state index contributed by atoms with van der Waals surface area (Å²) >= 11 is 4.33. The van der Waals surface area contributed by atoms with Gasteiger partial charge in [-0.15, -0.1) is 0 Å². The van der Waals surface area contributed by atoms with Gasteiger partial charge in [0.25, 0.3) is 0 Å². The van der Waals surface area contributed by atoms with Crippen LogP contribution in [0.1, 0.15) is 19.4 Å². The highest BCUT2D eigenvalue weighted by Crippen LogP contribution is 2.39. The molecule has 0 N–H and O–H groups in total. The summed E-state index contributed by atoms with van der Waals surface area (Å²) in [7, 11) is 0. The fourth-order valence-corrected chi connectivity index (χ4v) is 2.96. The summed E-state index contributed by atoms with van der Waals surface area (Å²) < 4.78 is 23.5. The normalized spacial score (nSPS) is 35.1. The molecule has 110 valence electrons. The van der Waals surface area contributed by atoms with E-state index < -0.39 is 5.79 Å². The Balaban J connectivity index is 1.67. The lowest BCUT2D eigenvalue weighted by Gasteiger charge is -2.25. The van der Waals surface area contributed by atoms with Crippen molar-refractivity contribution in [2.24, 2.45) is 0 Å². The van der Waals surface area contributed by atoms with Crippen LogP contribution in [0.5, 0.6) is 0 Å². The summed E-state index contributed by atoms with van der Waals surface area (Å²) in [4.78, 5) is 0. The van der Waals surface area contributed by atoms with Crippen LogP contribution in [0.4, 0.5) is 0 Å². The third-order valence-electron chi connectivity index (χ3n) is 3.55. The molecule has 0 aliphatic carbocycles. The third kappa shape index (κ3) is 2.87. The van der Waals surface area contributed by atoms with E-state index in [1.807, 2.05) is 44.2 Å². The first kappa shape index (κ1) is 14.4. The lowest BCUT2D eigenvalue weighted by molar-refractivity contribution is -0.216. The zero-order chi connectivity index (χ0) is 14.2. The Labute approximate surface area is 124 Å². The highest BCUT2D eigenvalue weighted by molar-refractivity contribution is 7.80. The van der Waals surface area contributed by atoms with Crippen molar-refractivity contribution in [1.82, 2.24) is 0 Å². The Morgan fingerprint density at radius 1 is 1.20 bits per heavy atom. The van der Waals surface area contributed by atoms with E-state index in [1.54, 1.807) is 0 Å². The van der Waals surface area contributed by atoms with E-state index in [1.165, 1.54) is 0 Å². The van der Waals surface area contributed by atoms with Gasteiger partial charge in [-0.1, -0.05) is 30.3 Å². The van der Waals surface area contributed by atoms with E-state index in [0.29, 0.717) is 12.4 Å². The van der Waals surface area contributed by atoms with Crippen molar-refractivity contribution in [3.63, 3.8) is 0 Å². The molecule has 0 radical (unpaired) electrons. The predicted octanol–water partition coefficient (Wildman–Crippen LogP) is 2.38. The molecule has 2 fully saturated rings. The minimum atomic E-state index is -0.620. The Kier molecular flexibility index (Phi) is 4.06. The van der Waals surface area contributed by atoms with Gasteiger partial charge in [0.2, 0.25) is 0 Å². The molecular formula is C15H20O4S. The molecule has 4 nitrogen and oxygen atoms in total. The van der Waals surface area contributed by atoms with Crippen molar-refractivity contribution in [1.29, 1.82) is 0 Å². The van der Waals surface area contributed by atoms with Crippen molar-refractivity contribution in [2.45, 2.75) is 50.8 Å². The van der Waals surface area contributed by atoms with Crippen LogP contribution in [0.25, 0.3) is 0 Å². The van der Waals surface area contributed by atoms with E-state index in [0.717, 1.165) is 5.56 Å². The summed E-state index contributed by atoms with van der Waals surface area (Å²) in [5, 5.41) is 0. The summed E-state index contributed by atoms with van der Waals surface area (Å²) in [6.45, 7) is 4.31. The standard InChI is InChI=1S/C15H20O4S/c1-15(2)18-13-12(11(9-20)17-14(13)19-15)16-8-10-6-4-3-5-7-10/h3-7,11-14,20H,8-9H2,1-2H3/t11-,12-,13-,14-/m1/s1. The molecule has 1 aromatic rings. The quantitative estimate of drug-likeness (QED) is 0.866. The van der Waals surface area contributed by atoms with Crippen LogP contribution in [0.15, 0.2) is 30.3 Å². The van der Waals surface area contributed by atoms with Crippen molar-refractivity contribution in [3.05, 3.63) is 35.9 Å². The van der Waals surface area contributed by atoms with Crippen LogP contribution in [-0.4, -0.2) is 36.1 Å². The minimum absolute atomic E-state index is 0.104. The third-order valence-corrected chi connectivity index (χ3v) is 3.91. The van der Waals surface area contributed by atoms with Gasteiger partial charge in [0.05, 0.1) is 12.7 Å². The molecule has 0 amide bonds. The molecule has 2 aliphatic heterocycles. The van der Waals surface area contributed by atoms with Gasteiger partial charge in [-0.05, 0) is 19.4 Å². The number of fused-ring (bicyclic) bond motifs is 1. The molecule has 0 spiro atoms. The topological polar surface area (TPSA) is 36.9 Å².